The fraction of sp³-hybridized carbons (Fsp3) is 0.409. The number of aromatic nitrogens is 1. The Bertz CT molecular complexity index is 884. The molecule has 6 heteroatoms. The summed E-state index contributed by atoms with van der Waals surface area (Å²) in [5.74, 6) is 1.71. The molecule has 6 nitrogen and oxygen atoms in total. The lowest BCUT2D eigenvalue weighted by molar-refractivity contribution is -0.126. The lowest BCUT2D eigenvalue weighted by Gasteiger charge is -2.34. The molecular formula is C22H24N4O2. The molecule has 1 aromatic carbocycles. The number of ether oxygens (including phenoxy) is 1. The molecule has 2 aliphatic rings. The van der Waals surface area contributed by atoms with Crippen LogP contribution in [0.15, 0.2) is 42.6 Å². The van der Waals surface area contributed by atoms with Crippen LogP contribution in [0.3, 0.4) is 0 Å². The summed E-state index contributed by atoms with van der Waals surface area (Å²) in [7, 11) is 0. The minimum atomic E-state index is -0.0531. The van der Waals surface area contributed by atoms with Crippen LogP contribution in [0.1, 0.15) is 30.4 Å². The van der Waals surface area contributed by atoms with Crippen LogP contribution in [0, 0.1) is 17.2 Å². The number of pyridine rings is 1. The van der Waals surface area contributed by atoms with Crippen molar-refractivity contribution in [3.63, 3.8) is 0 Å². The second kappa shape index (κ2) is 8.30. The number of carbonyl (C=O) groups excluding carboxylic acids is 1. The van der Waals surface area contributed by atoms with Crippen LogP contribution in [-0.4, -0.2) is 36.6 Å². The van der Waals surface area contributed by atoms with Gasteiger partial charge in [0.2, 0.25) is 5.91 Å². The van der Waals surface area contributed by atoms with Crippen molar-refractivity contribution in [2.24, 2.45) is 5.92 Å². The number of nitrogens with zero attached hydrogens (tertiary/aromatic N) is 3. The zero-order chi connectivity index (χ0) is 19.3. The predicted molar refractivity (Wildman–Crippen MR) is 106 cm³/mol. The van der Waals surface area contributed by atoms with E-state index in [1.807, 2.05) is 24.3 Å². The Morgan fingerprint density at radius 2 is 2.00 bits per heavy atom. The van der Waals surface area contributed by atoms with Crippen LogP contribution in [0.25, 0.3) is 0 Å². The average molecular weight is 376 g/mol. The van der Waals surface area contributed by atoms with Gasteiger partial charge >= 0.3 is 0 Å². The monoisotopic (exact) mass is 376 g/mol. The maximum Gasteiger partial charge on any atom is 0.223 e. The maximum absolute atomic E-state index is 12.8. The van der Waals surface area contributed by atoms with E-state index < -0.39 is 0 Å². The van der Waals surface area contributed by atoms with Gasteiger partial charge in [0.1, 0.15) is 17.6 Å². The average Bonchev–Trinajstić information content (AvgIpc) is 2.97. The molecular weight excluding hydrogens is 352 g/mol. The number of fused-ring (bicyclic) bond motifs is 1. The number of hydrogen-bond donors (Lipinski definition) is 1. The van der Waals surface area contributed by atoms with Crippen molar-refractivity contribution in [1.82, 2.24) is 10.3 Å². The Labute approximate surface area is 165 Å². The zero-order valence-corrected chi connectivity index (χ0v) is 15.8. The molecule has 0 spiro atoms. The molecule has 2 aromatic rings. The summed E-state index contributed by atoms with van der Waals surface area (Å²) in [6.45, 7) is 2.14. The zero-order valence-electron chi connectivity index (χ0n) is 15.8. The summed E-state index contributed by atoms with van der Waals surface area (Å²) in [4.78, 5) is 19.3. The Morgan fingerprint density at radius 1 is 1.18 bits per heavy atom. The van der Waals surface area contributed by atoms with Gasteiger partial charge < -0.3 is 15.0 Å². The summed E-state index contributed by atoms with van der Waals surface area (Å²) < 4.78 is 5.78. The van der Waals surface area contributed by atoms with E-state index in [1.54, 1.807) is 18.3 Å². The van der Waals surface area contributed by atoms with E-state index in [-0.39, 0.29) is 17.9 Å². The molecule has 2 aliphatic heterocycles. The van der Waals surface area contributed by atoms with Crippen molar-refractivity contribution >= 4 is 11.7 Å². The lowest BCUT2D eigenvalue weighted by atomic mass is 9.95. The van der Waals surface area contributed by atoms with E-state index in [0.717, 1.165) is 55.9 Å². The third-order valence-corrected chi connectivity index (χ3v) is 5.58. The molecule has 0 radical (unpaired) electrons. The molecule has 1 amide bonds. The normalized spacial score (nSPS) is 19.7. The second-order valence-electron chi connectivity index (χ2n) is 7.40. The van der Waals surface area contributed by atoms with E-state index in [0.29, 0.717) is 12.2 Å². The number of benzene rings is 1. The van der Waals surface area contributed by atoms with Crippen LogP contribution < -0.4 is 15.0 Å². The molecule has 3 heterocycles. The summed E-state index contributed by atoms with van der Waals surface area (Å²) in [6.07, 6.45) is 4.88. The third-order valence-electron chi connectivity index (χ3n) is 5.58. The molecule has 1 atom stereocenters. The molecule has 0 bridgehead atoms. The summed E-state index contributed by atoms with van der Waals surface area (Å²) in [5, 5.41) is 12.5. The minimum absolute atomic E-state index is 0.0531. The van der Waals surface area contributed by atoms with Gasteiger partial charge in [0.05, 0.1) is 12.2 Å². The molecule has 1 fully saturated rings. The van der Waals surface area contributed by atoms with E-state index in [9.17, 15) is 10.1 Å². The lowest BCUT2D eigenvalue weighted by Crippen LogP contribution is -2.47. The summed E-state index contributed by atoms with van der Waals surface area (Å²) in [5.41, 5.74) is 1.70. The van der Waals surface area contributed by atoms with Crippen LogP contribution >= 0.6 is 0 Å². The number of nitriles is 1. The highest BCUT2D eigenvalue weighted by Gasteiger charge is 2.28. The molecule has 1 N–H and O–H groups in total. The van der Waals surface area contributed by atoms with Gasteiger partial charge in [-0.25, -0.2) is 4.98 Å². The molecule has 4 rings (SSSR count). The second-order valence-corrected chi connectivity index (χ2v) is 7.40. The van der Waals surface area contributed by atoms with Gasteiger partial charge in [0.15, 0.2) is 0 Å². The molecule has 0 aliphatic carbocycles. The number of anilines is 1. The van der Waals surface area contributed by atoms with E-state index >= 15 is 0 Å². The number of hydrogen-bond acceptors (Lipinski definition) is 5. The summed E-state index contributed by atoms with van der Waals surface area (Å²) >= 11 is 0. The Hall–Kier alpha value is -3.07. The third kappa shape index (κ3) is 3.94. The van der Waals surface area contributed by atoms with Gasteiger partial charge in [0, 0.05) is 31.2 Å². The van der Waals surface area contributed by atoms with Gasteiger partial charge in [-0.15, -0.1) is 0 Å². The number of rotatable bonds is 3. The molecule has 144 valence electrons. The SMILES string of the molecule is N#Cc1cccnc1N1CCC(NC(=O)[C@@H]2CCOc3ccccc3C2)CC1. The first kappa shape index (κ1) is 18.3. The molecule has 1 aromatic heterocycles. The highest BCUT2D eigenvalue weighted by Crippen LogP contribution is 2.27. The first-order valence-electron chi connectivity index (χ1n) is 9.85. The van der Waals surface area contributed by atoms with Gasteiger partial charge in [-0.3, -0.25) is 4.79 Å². The molecule has 28 heavy (non-hydrogen) atoms. The van der Waals surface area contributed by atoms with Crippen molar-refractivity contribution in [3.8, 4) is 11.8 Å². The van der Waals surface area contributed by atoms with Crippen molar-refractivity contribution in [1.29, 1.82) is 5.26 Å². The maximum atomic E-state index is 12.8. The van der Waals surface area contributed by atoms with Crippen LogP contribution in [-0.2, 0) is 11.2 Å². The fourth-order valence-electron chi connectivity index (χ4n) is 4.01. The minimum Gasteiger partial charge on any atom is -0.493 e. The predicted octanol–water partition coefficient (Wildman–Crippen LogP) is 2.68. The number of para-hydroxylation sites is 1. The quantitative estimate of drug-likeness (QED) is 0.891. The highest BCUT2D eigenvalue weighted by atomic mass is 16.5. The van der Waals surface area contributed by atoms with Crippen LogP contribution in [0.5, 0.6) is 5.75 Å². The van der Waals surface area contributed by atoms with E-state index in [2.05, 4.69) is 21.3 Å². The van der Waals surface area contributed by atoms with E-state index in [1.165, 1.54) is 0 Å². The van der Waals surface area contributed by atoms with Gasteiger partial charge in [-0.05, 0) is 49.4 Å². The summed E-state index contributed by atoms with van der Waals surface area (Å²) in [6, 6.07) is 13.9. The van der Waals surface area contributed by atoms with Crippen molar-refractivity contribution in [2.75, 3.05) is 24.6 Å². The molecule has 0 unspecified atom stereocenters. The molecule has 1 saturated heterocycles. The van der Waals surface area contributed by atoms with Crippen LogP contribution in [0.2, 0.25) is 0 Å². The standard InChI is InChI=1S/C22H24N4O2/c23-15-18-5-3-10-24-21(18)26-11-7-19(8-12-26)25-22(27)17-9-13-28-20-6-2-1-4-16(20)14-17/h1-6,10,17,19H,7-9,11-14H2,(H,25,27)/t17-/m1/s1. The van der Waals surface area contributed by atoms with Crippen molar-refractivity contribution in [2.45, 2.75) is 31.7 Å². The Balaban J connectivity index is 1.34. The largest absolute Gasteiger partial charge is 0.493 e. The first-order valence-corrected chi connectivity index (χ1v) is 9.85. The first-order chi connectivity index (χ1) is 13.7. The smallest absolute Gasteiger partial charge is 0.223 e. The highest BCUT2D eigenvalue weighted by molar-refractivity contribution is 5.79. The van der Waals surface area contributed by atoms with Crippen molar-refractivity contribution in [3.05, 3.63) is 53.7 Å². The van der Waals surface area contributed by atoms with Crippen molar-refractivity contribution < 1.29 is 9.53 Å². The fourth-order valence-corrected chi connectivity index (χ4v) is 4.01. The number of carbonyl (C=O) groups is 1. The number of amides is 1. The van der Waals surface area contributed by atoms with Crippen LogP contribution in [0.4, 0.5) is 5.82 Å². The topological polar surface area (TPSA) is 78.3 Å². The Morgan fingerprint density at radius 3 is 2.82 bits per heavy atom. The molecule has 0 saturated carbocycles. The Kier molecular flexibility index (Phi) is 5.43. The van der Waals surface area contributed by atoms with Gasteiger partial charge in [-0.1, -0.05) is 18.2 Å². The number of nitrogens with one attached hydrogen (secondary N) is 1. The van der Waals surface area contributed by atoms with Gasteiger partial charge in [-0.2, -0.15) is 5.26 Å². The van der Waals surface area contributed by atoms with E-state index in [4.69, 9.17) is 4.74 Å². The number of piperidine rings is 1. The van der Waals surface area contributed by atoms with Gasteiger partial charge in [0.25, 0.3) is 0 Å².